The first-order chi connectivity index (χ1) is 9.38. The monoisotopic (exact) mass is 257 g/mol. The first-order valence-electron chi connectivity index (χ1n) is 7.36. The summed E-state index contributed by atoms with van der Waals surface area (Å²) in [6.45, 7) is 1.94. The summed E-state index contributed by atoms with van der Waals surface area (Å²) in [5.74, 6) is 0. The van der Waals surface area contributed by atoms with Crippen molar-refractivity contribution in [2.24, 2.45) is 0 Å². The van der Waals surface area contributed by atoms with Gasteiger partial charge in [-0.1, -0.05) is 25.7 Å². The summed E-state index contributed by atoms with van der Waals surface area (Å²) < 4.78 is 0. The van der Waals surface area contributed by atoms with Crippen LogP contribution in [0.25, 0.3) is 0 Å². The molecule has 0 aromatic heterocycles. The number of hydrogen-bond acceptors (Lipinski definition) is 3. The van der Waals surface area contributed by atoms with E-state index in [9.17, 15) is 0 Å². The van der Waals surface area contributed by atoms with Crippen LogP contribution in [0.2, 0.25) is 0 Å². The van der Waals surface area contributed by atoms with E-state index in [1.54, 1.807) is 0 Å². The van der Waals surface area contributed by atoms with Crippen LogP contribution in [0.4, 0.5) is 5.69 Å². The van der Waals surface area contributed by atoms with E-state index in [1.165, 1.54) is 38.5 Å². The zero-order valence-corrected chi connectivity index (χ0v) is 11.5. The highest BCUT2D eigenvalue weighted by atomic mass is 15.0. The van der Waals surface area contributed by atoms with Gasteiger partial charge in [0.2, 0.25) is 0 Å². The third-order valence-electron chi connectivity index (χ3n) is 3.76. The number of rotatable bonds is 5. The molecule has 0 radical (unpaired) electrons. The van der Waals surface area contributed by atoms with Crippen molar-refractivity contribution in [3.63, 3.8) is 0 Å². The van der Waals surface area contributed by atoms with Crippen molar-refractivity contribution in [2.45, 2.75) is 44.6 Å². The van der Waals surface area contributed by atoms with Gasteiger partial charge in [-0.05, 0) is 37.1 Å². The number of benzene rings is 1. The predicted molar refractivity (Wildman–Crippen MR) is 79.1 cm³/mol. The summed E-state index contributed by atoms with van der Waals surface area (Å²) in [7, 11) is 0. The Morgan fingerprint density at radius 1 is 1.00 bits per heavy atom. The molecule has 0 amide bonds. The highest BCUT2D eigenvalue weighted by Crippen LogP contribution is 2.16. The lowest BCUT2D eigenvalue weighted by molar-refractivity contribution is 0.468. The molecular weight excluding hydrogens is 234 g/mol. The van der Waals surface area contributed by atoms with Crippen LogP contribution in [0, 0.1) is 11.3 Å². The van der Waals surface area contributed by atoms with Gasteiger partial charge in [0, 0.05) is 24.8 Å². The zero-order valence-electron chi connectivity index (χ0n) is 11.5. The van der Waals surface area contributed by atoms with Gasteiger partial charge in [0.15, 0.2) is 0 Å². The molecule has 1 fully saturated rings. The van der Waals surface area contributed by atoms with E-state index in [4.69, 9.17) is 5.26 Å². The van der Waals surface area contributed by atoms with Crippen molar-refractivity contribution in [1.29, 1.82) is 5.26 Å². The molecule has 0 atom stereocenters. The molecule has 0 aliphatic heterocycles. The molecule has 3 heteroatoms. The number of nitriles is 1. The maximum atomic E-state index is 8.73. The third-order valence-corrected chi connectivity index (χ3v) is 3.76. The van der Waals surface area contributed by atoms with Gasteiger partial charge >= 0.3 is 0 Å². The molecule has 1 aliphatic carbocycles. The molecule has 0 spiro atoms. The lowest BCUT2D eigenvalue weighted by atomic mass is 10.1. The van der Waals surface area contributed by atoms with Crippen LogP contribution in [0.3, 0.4) is 0 Å². The molecule has 0 saturated heterocycles. The quantitative estimate of drug-likeness (QED) is 0.628. The summed E-state index contributed by atoms with van der Waals surface area (Å²) >= 11 is 0. The van der Waals surface area contributed by atoms with Crippen LogP contribution in [-0.4, -0.2) is 19.1 Å². The Morgan fingerprint density at radius 3 is 2.32 bits per heavy atom. The van der Waals surface area contributed by atoms with E-state index >= 15 is 0 Å². The average molecular weight is 257 g/mol. The maximum absolute atomic E-state index is 8.73. The molecular formula is C16H23N3. The van der Waals surface area contributed by atoms with Crippen molar-refractivity contribution < 1.29 is 0 Å². The van der Waals surface area contributed by atoms with Crippen LogP contribution in [-0.2, 0) is 0 Å². The second-order valence-electron chi connectivity index (χ2n) is 5.26. The van der Waals surface area contributed by atoms with Crippen molar-refractivity contribution in [3.05, 3.63) is 29.8 Å². The molecule has 2 N–H and O–H groups in total. The Kier molecular flexibility index (Phi) is 5.71. The minimum Gasteiger partial charge on any atom is -0.384 e. The minimum atomic E-state index is 0.710. The predicted octanol–water partition coefficient (Wildman–Crippen LogP) is 3.28. The summed E-state index contributed by atoms with van der Waals surface area (Å²) in [4.78, 5) is 0. The molecule has 1 aliphatic rings. The van der Waals surface area contributed by atoms with Crippen molar-refractivity contribution in [3.8, 4) is 6.07 Å². The summed E-state index contributed by atoms with van der Waals surface area (Å²) in [5, 5.41) is 15.7. The summed E-state index contributed by atoms with van der Waals surface area (Å²) in [6, 6.07) is 10.5. The second-order valence-corrected chi connectivity index (χ2v) is 5.26. The fourth-order valence-corrected chi connectivity index (χ4v) is 2.63. The third kappa shape index (κ3) is 4.92. The lowest BCUT2D eigenvalue weighted by Crippen LogP contribution is -2.32. The molecule has 0 heterocycles. The Morgan fingerprint density at radius 2 is 1.68 bits per heavy atom. The van der Waals surface area contributed by atoms with Gasteiger partial charge in [-0.15, -0.1) is 0 Å². The fraction of sp³-hybridized carbons (Fsp3) is 0.562. The van der Waals surface area contributed by atoms with Crippen LogP contribution < -0.4 is 10.6 Å². The van der Waals surface area contributed by atoms with E-state index in [0.29, 0.717) is 11.6 Å². The highest BCUT2D eigenvalue weighted by Gasteiger charge is 2.10. The van der Waals surface area contributed by atoms with Crippen LogP contribution in [0.15, 0.2) is 24.3 Å². The van der Waals surface area contributed by atoms with E-state index in [1.807, 2.05) is 24.3 Å². The topological polar surface area (TPSA) is 47.9 Å². The van der Waals surface area contributed by atoms with E-state index in [2.05, 4.69) is 16.7 Å². The number of hydrogen-bond donors (Lipinski definition) is 2. The highest BCUT2D eigenvalue weighted by molar-refractivity contribution is 5.47. The van der Waals surface area contributed by atoms with Gasteiger partial charge in [-0.25, -0.2) is 0 Å². The van der Waals surface area contributed by atoms with Gasteiger partial charge < -0.3 is 10.6 Å². The molecule has 1 aromatic rings. The lowest BCUT2D eigenvalue weighted by Gasteiger charge is -2.16. The number of nitrogens with one attached hydrogen (secondary N) is 2. The molecule has 102 valence electrons. The Labute approximate surface area is 116 Å². The van der Waals surface area contributed by atoms with Crippen molar-refractivity contribution in [2.75, 3.05) is 18.4 Å². The van der Waals surface area contributed by atoms with Gasteiger partial charge in [0.05, 0.1) is 11.6 Å². The summed E-state index contributed by atoms with van der Waals surface area (Å²) in [6.07, 6.45) is 8.22. The van der Waals surface area contributed by atoms with Crippen molar-refractivity contribution in [1.82, 2.24) is 5.32 Å². The van der Waals surface area contributed by atoms with Gasteiger partial charge in [0.1, 0.15) is 0 Å². The SMILES string of the molecule is N#Cc1ccc(NCCNC2CCCCCC2)cc1. The van der Waals surface area contributed by atoms with Gasteiger partial charge in [-0.3, -0.25) is 0 Å². The minimum absolute atomic E-state index is 0.710. The van der Waals surface area contributed by atoms with E-state index in [0.717, 1.165) is 18.8 Å². The molecule has 0 unspecified atom stereocenters. The average Bonchev–Trinajstić information content (AvgIpc) is 2.73. The largest absolute Gasteiger partial charge is 0.384 e. The molecule has 19 heavy (non-hydrogen) atoms. The number of nitrogens with zero attached hydrogens (tertiary/aromatic N) is 1. The van der Waals surface area contributed by atoms with Crippen LogP contribution in [0.5, 0.6) is 0 Å². The number of anilines is 1. The smallest absolute Gasteiger partial charge is 0.0991 e. The summed E-state index contributed by atoms with van der Waals surface area (Å²) in [5.41, 5.74) is 1.80. The van der Waals surface area contributed by atoms with Gasteiger partial charge in [0.25, 0.3) is 0 Å². The first kappa shape index (κ1) is 13.9. The Balaban J connectivity index is 1.64. The van der Waals surface area contributed by atoms with Crippen LogP contribution >= 0.6 is 0 Å². The van der Waals surface area contributed by atoms with E-state index in [-0.39, 0.29) is 0 Å². The Bertz CT molecular complexity index is 397. The molecule has 2 rings (SSSR count). The molecule has 0 bridgehead atoms. The maximum Gasteiger partial charge on any atom is 0.0991 e. The second kappa shape index (κ2) is 7.81. The van der Waals surface area contributed by atoms with Crippen molar-refractivity contribution >= 4 is 5.69 Å². The Hall–Kier alpha value is -1.53. The molecule has 1 aromatic carbocycles. The molecule has 3 nitrogen and oxygen atoms in total. The first-order valence-corrected chi connectivity index (χ1v) is 7.36. The van der Waals surface area contributed by atoms with Crippen LogP contribution in [0.1, 0.15) is 44.1 Å². The standard InChI is InChI=1S/C16H23N3/c17-13-14-7-9-16(10-8-14)19-12-11-18-15-5-3-1-2-4-6-15/h7-10,15,18-19H,1-6,11-12H2. The van der Waals surface area contributed by atoms with E-state index < -0.39 is 0 Å². The van der Waals surface area contributed by atoms with Gasteiger partial charge in [-0.2, -0.15) is 5.26 Å². The molecule has 1 saturated carbocycles. The zero-order chi connectivity index (χ0) is 13.3. The fourth-order valence-electron chi connectivity index (χ4n) is 2.63. The normalized spacial score (nSPS) is 16.6.